The fourth-order valence-electron chi connectivity index (χ4n) is 2.72. The van der Waals surface area contributed by atoms with Crippen molar-refractivity contribution in [3.63, 3.8) is 0 Å². The number of rotatable bonds is 3. The van der Waals surface area contributed by atoms with Gasteiger partial charge < -0.3 is 0 Å². The van der Waals surface area contributed by atoms with Gasteiger partial charge in [-0.05, 0) is 59.5 Å². The molecule has 0 N–H and O–H groups in total. The van der Waals surface area contributed by atoms with E-state index in [1.165, 1.54) is 39.7 Å². The molecule has 0 amide bonds. The summed E-state index contributed by atoms with van der Waals surface area (Å²) < 4.78 is 2.83. The molecule has 0 aliphatic rings. The zero-order valence-electron chi connectivity index (χ0n) is 13.0. The van der Waals surface area contributed by atoms with Crippen LogP contribution in [0, 0.1) is 0 Å². The van der Waals surface area contributed by atoms with Crippen molar-refractivity contribution in [2.24, 2.45) is 0 Å². The first-order valence-electron chi connectivity index (χ1n) is 7.70. The number of hydrogen-bond acceptors (Lipinski definition) is 3. The van der Waals surface area contributed by atoms with E-state index in [9.17, 15) is 0 Å². The van der Waals surface area contributed by atoms with Crippen LogP contribution in [0.2, 0.25) is 0 Å². The number of thiophene rings is 3. The van der Waals surface area contributed by atoms with Crippen LogP contribution in [0.1, 0.15) is 36.4 Å². The molecular formula is C19H18S3. The molecule has 4 rings (SSSR count). The monoisotopic (exact) mass is 342 g/mol. The Morgan fingerprint density at radius 1 is 0.818 bits per heavy atom. The molecule has 0 aliphatic heterocycles. The van der Waals surface area contributed by atoms with E-state index in [0.29, 0.717) is 5.92 Å². The summed E-state index contributed by atoms with van der Waals surface area (Å²) in [6.45, 7) is 6.76. The van der Waals surface area contributed by atoms with Crippen LogP contribution in [0.15, 0.2) is 36.4 Å². The number of hydrogen-bond donors (Lipinski definition) is 0. The molecule has 22 heavy (non-hydrogen) atoms. The van der Waals surface area contributed by atoms with Gasteiger partial charge >= 0.3 is 0 Å². The fourth-order valence-corrected chi connectivity index (χ4v) is 6.00. The van der Waals surface area contributed by atoms with Gasteiger partial charge in [0.15, 0.2) is 0 Å². The van der Waals surface area contributed by atoms with Crippen molar-refractivity contribution in [2.75, 3.05) is 0 Å². The van der Waals surface area contributed by atoms with Crippen molar-refractivity contribution in [3.8, 4) is 9.75 Å². The van der Waals surface area contributed by atoms with Crippen LogP contribution in [0.4, 0.5) is 0 Å². The van der Waals surface area contributed by atoms with E-state index in [2.05, 4.69) is 57.2 Å². The summed E-state index contributed by atoms with van der Waals surface area (Å²) in [6.07, 6.45) is 1.13. The summed E-state index contributed by atoms with van der Waals surface area (Å²) in [5.74, 6) is 0.617. The Bertz CT molecular complexity index is 899. The third-order valence-corrected chi connectivity index (χ3v) is 7.92. The summed E-state index contributed by atoms with van der Waals surface area (Å²) in [5, 5.41) is 2.78. The maximum absolute atomic E-state index is 2.37. The first-order chi connectivity index (χ1) is 10.6. The van der Waals surface area contributed by atoms with Crippen molar-refractivity contribution >= 4 is 54.2 Å². The highest BCUT2D eigenvalue weighted by Gasteiger charge is 2.11. The lowest BCUT2D eigenvalue weighted by Crippen LogP contribution is -1.77. The number of benzene rings is 1. The molecule has 3 heterocycles. The largest absolute Gasteiger partial charge is 0.140 e. The maximum atomic E-state index is 2.37. The third kappa shape index (κ3) is 2.41. The van der Waals surface area contributed by atoms with Gasteiger partial charge in [-0.25, -0.2) is 0 Å². The average Bonchev–Trinajstić information content (AvgIpc) is 3.20. The van der Waals surface area contributed by atoms with Gasteiger partial charge in [-0.15, -0.1) is 34.0 Å². The van der Waals surface area contributed by atoms with Crippen molar-refractivity contribution in [2.45, 2.75) is 33.1 Å². The van der Waals surface area contributed by atoms with Gasteiger partial charge in [-0.3, -0.25) is 0 Å². The SMILES string of the molecule is CCc1cc2cc3cc(-c4ccc(C(C)C)s4)sc3cc2s1. The van der Waals surface area contributed by atoms with Crippen LogP contribution < -0.4 is 0 Å². The summed E-state index contributed by atoms with van der Waals surface area (Å²) in [6, 6.07) is 14.0. The van der Waals surface area contributed by atoms with Gasteiger partial charge in [0.1, 0.15) is 0 Å². The van der Waals surface area contributed by atoms with Gasteiger partial charge in [-0.2, -0.15) is 0 Å². The Morgan fingerprint density at radius 2 is 1.59 bits per heavy atom. The predicted molar refractivity (Wildman–Crippen MR) is 104 cm³/mol. The van der Waals surface area contributed by atoms with Crippen molar-refractivity contribution < 1.29 is 0 Å². The van der Waals surface area contributed by atoms with Crippen molar-refractivity contribution in [1.82, 2.24) is 0 Å². The summed E-state index contributed by atoms with van der Waals surface area (Å²) in [5.41, 5.74) is 0. The molecule has 0 saturated heterocycles. The standard InChI is InChI=1S/C19H18S3/c1-4-14-8-12-7-13-9-19(22-18(13)10-17(12)20-14)16-6-5-15(21-16)11(2)3/h5-11H,4H2,1-3H3. The summed E-state index contributed by atoms with van der Waals surface area (Å²) >= 11 is 5.79. The molecule has 112 valence electrons. The van der Waals surface area contributed by atoms with Gasteiger partial charge in [0.25, 0.3) is 0 Å². The van der Waals surface area contributed by atoms with E-state index >= 15 is 0 Å². The Hall–Kier alpha value is -1.16. The highest BCUT2D eigenvalue weighted by molar-refractivity contribution is 7.26. The van der Waals surface area contributed by atoms with Crippen LogP contribution in [0.5, 0.6) is 0 Å². The first kappa shape index (κ1) is 14.4. The van der Waals surface area contributed by atoms with Gasteiger partial charge in [0.2, 0.25) is 0 Å². The van der Waals surface area contributed by atoms with Crippen LogP contribution in [-0.2, 0) is 6.42 Å². The fraction of sp³-hybridized carbons (Fsp3) is 0.263. The van der Waals surface area contributed by atoms with Gasteiger partial charge in [0.05, 0.1) is 0 Å². The van der Waals surface area contributed by atoms with E-state index in [-0.39, 0.29) is 0 Å². The normalized spacial score (nSPS) is 12.0. The Kier molecular flexibility index (Phi) is 3.60. The number of aryl methyl sites for hydroxylation is 1. The van der Waals surface area contributed by atoms with E-state index in [1.807, 2.05) is 34.0 Å². The minimum atomic E-state index is 0.617. The summed E-state index contributed by atoms with van der Waals surface area (Å²) in [4.78, 5) is 5.76. The van der Waals surface area contributed by atoms with Crippen molar-refractivity contribution in [3.05, 3.63) is 46.2 Å². The highest BCUT2D eigenvalue weighted by Crippen LogP contribution is 2.41. The van der Waals surface area contributed by atoms with Crippen LogP contribution in [0.3, 0.4) is 0 Å². The zero-order chi connectivity index (χ0) is 15.3. The molecule has 0 spiro atoms. The Balaban J connectivity index is 1.82. The van der Waals surface area contributed by atoms with Gasteiger partial charge in [-0.1, -0.05) is 20.8 Å². The maximum Gasteiger partial charge on any atom is 0.0455 e. The molecular weight excluding hydrogens is 324 g/mol. The van der Waals surface area contributed by atoms with E-state index < -0.39 is 0 Å². The molecule has 0 unspecified atom stereocenters. The van der Waals surface area contributed by atoms with E-state index in [4.69, 9.17) is 0 Å². The smallest absolute Gasteiger partial charge is 0.0455 e. The predicted octanol–water partition coefficient (Wildman–Crippen LogP) is 7.53. The molecule has 0 atom stereocenters. The molecule has 1 aromatic carbocycles. The highest BCUT2D eigenvalue weighted by atomic mass is 32.1. The van der Waals surface area contributed by atoms with Crippen molar-refractivity contribution in [1.29, 1.82) is 0 Å². The van der Waals surface area contributed by atoms with Crippen LogP contribution >= 0.6 is 34.0 Å². The molecule has 0 saturated carbocycles. The minimum Gasteiger partial charge on any atom is -0.140 e. The summed E-state index contributed by atoms with van der Waals surface area (Å²) in [7, 11) is 0. The molecule has 0 nitrogen and oxygen atoms in total. The minimum absolute atomic E-state index is 0.617. The third-order valence-electron chi connectivity index (χ3n) is 3.99. The second-order valence-corrected chi connectivity index (χ2v) is 9.33. The second kappa shape index (κ2) is 5.48. The van der Waals surface area contributed by atoms with Crippen LogP contribution in [0.25, 0.3) is 29.9 Å². The molecule has 0 bridgehead atoms. The molecule has 3 heteroatoms. The Labute approximate surface area is 143 Å². The second-order valence-electron chi connectivity index (χ2n) is 5.96. The molecule has 0 aliphatic carbocycles. The molecule has 0 fully saturated rings. The molecule has 3 aromatic heterocycles. The van der Waals surface area contributed by atoms with E-state index in [1.54, 1.807) is 0 Å². The Morgan fingerprint density at radius 3 is 2.32 bits per heavy atom. The molecule has 0 radical (unpaired) electrons. The quantitative estimate of drug-likeness (QED) is 0.361. The van der Waals surface area contributed by atoms with E-state index in [0.717, 1.165) is 6.42 Å². The van der Waals surface area contributed by atoms with Gasteiger partial charge in [0, 0.05) is 28.9 Å². The first-order valence-corrected chi connectivity index (χ1v) is 10.1. The lowest BCUT2D eigenvalue weighted by molar-refractivity contribution is 0.890. The topological polar surface area (TPSA) is 0 Å². The lowest BCUT2D eigenvalue weighted by atomic mass is 10.2. The zero-order valence-corrected chi connectivity index (χ0v) is 15.4. The molecule has 4 aromatic rings. The number of fused-ring (bicyclic) bond motifs is 2. The average molecular weight is 343 g/mol. The van der Waals surface area contributed by atoms with Crippen LogP contribution in [-0.4, -0.2) is 0 Å². The lowest BCUT2D eigenvalue weighted by Gasteiger charge is -1.97.